The van der Waals surface area contributed by atoms with Crippen LogP contribution >= 0.6 is 11.6 Å². The van der Waals surface area contributed by atoms with Gasteiger partial charge in [-0.2, -0.15) is 0 Å². The van der Waals surface area contributed by atoms with Crippen molar-refractivity contribution in [2.45, 2.75) is 32.4 Å². The lowest BCUT2D eigenvalue weighted by atomic mass is 10.2. The van der Waals surface area contributed by atoms with Crippen molar-refractivity contribution in [2.24, 2.45) is 0 Å². The van der Waals surface area contributed by atoms with Crippen molar-refractivity contribution in [1.29, 1.82) is 0 Å². The van der Waals surface area contributed by atoms with Crippen molar-refractivity contribution in [2.75, 3.05) is 26.7 Å². The van der Waals surface area contributed by atoms with Gasteiger partial charge in [0.25, 0.3) is 0 Å². The smallest absolute Gasteiger partial charge is 0.0498 e. The molecule has 2 heterocycles. The standard InChI is InChI=1S/C17H24ClN3/c1-19-12-14-13-21(10-4-9-20-7-2-3-8-20)17-11-15(18)5-6-16(14)17/h5-6,11,13,19H,2-4,7-10,12H2,1H3. The van der Waals surface area contributed by atoms with Gasteiger partial charge in [-0.3, -0.25) is 0 Å². The van der Waals surface area contributed by atoms with Gasteiger partial charge in [-0.25, -0.2) is 0 Å². The molecule has 3 rings (SSSR count). The van der Waals surface area contributed by atoms with Crippen LogP contribution in [0.1, 0.15) is 24.8 Å². The Morgan fingerprint density at radius 2 is 2.00 bits per heavy atom. The van der Waals surface area contributed by atoms with E-state index in [4.69, 9.17) is 11.6 Å². The Kier molecular flexibility index (Phi) is 4.84. The van der Waals surface area contributed by atoms with E-state index in [9.17, 15) is 0 Å². The minimum atomic E-state index is 0.817. The number of benzene rings is 1. The molecule has 0 spiro atoms. The summed E-state index contributed by atoms with van der Waals surface area (Å²) >= 11 is 6.18. The van der Waals surface area contributed by atoms with Crippen LogP contribution < -0.4 is 5.32 Å². The normalized spacial score (nSPS) is 16.1. The van der Waals surface area contributed by atoms with E-state index in [1.54, 1.807) is 0 Å². The number of hydrogen-bond donors (Lipinski definition) is 1. The second-order valence-electron chi connectivity index (χ2n) is 5.94. The van der Waals surface area contributed by atoms with Gasteiger partial charge in [0.15, 0.2) is 0 Å². The summed E-state index contributed by atoms with van der Waals surface area (Å²) in [6.45, 7) is 5.74. The van der Waals surface area contributed by atoms with Gasteiger partial charge >= 0.3 is 0 Å². The van der Waals surface area contributed by atoms with Gasteiger partial charge in [0, 0.05) is 35.2 Å². The molecule has 0 radical (unpaired) electrons. The average molecular weight is 306 g/mol. The maximum atomic E-state index is 6.18. The zero-order valence-corrected chi connectivity index (χ0v) is 13.5. The highest BCUT2D eigenvalue weighted by molar-refractivity contribution is 6.31. The number of aryl methyl sites for hydroxylation is 1. The molecule has 0 aliphatic carbocycles. The molecule has 1 aromatic heterocycles. The number of aromatic nitrogens is 1. The molecule has 1 aromatic carbocycles. The zero-order chi connectivity index (χ0) is 14.7. The first kappa shape index (κ1) is 14.9. The Hall–Kier alpha value is -1.03. The predicted octanol–water partition coefficient (Wildman–Crippen LogP) is 3.50. The van der Waals surface area contributed by atoms with Crippen LogP contribution in [-0.4, -0.2) is 36.1 Å². The fourth-order valence-electron chi connectivity index (χ4n) is 3.33. The monoisotopic (exact) mass is 305 g/mol. The highest BCUT2D eigenvalue weighted by atomic mass is 35.5. The number of halogens is 1. The molecule has 0 atom stereocenters. The van der Waals surface area contributed by atoms with Crippen LogP contribution in [0.5, 0.6) is 0 Å². The molecule has 1 saturated heterocycles. The molecule has 0 unspecified atom stereocenters. The molecular formula is C17H24ClN3. The summed E-state index contributed by atoms with van der Waals surface area (Å²) in [5.41, 5.74) is 2.61. The third-order valence-electron chi connectivity index (χ3n) is 4.37. The molecule has 4 heteroatoms. The fraction of sp³-hybridized carbons (Fsp3) is 0.529. The predicted molar refractivity (Wildman–Crippen MR) is 90.0 cm³/mol. The quantitative estimate of drug-likeness (QED) is 0.881. The molecule has 1 N–H and O–H groups in total. The van der Waals surface area contributed by atoms with Crippen LogP contribution in [0.25, 0.3) is 10.9 Å². The second kappa shape index (κ2) is 6.82. The highest BCUT2D eigenvalue weighted by Gasteiger charge is 2.12. The van der Waals surface area contributed by atoms with E-state index in [-0.39, 0.29) is 0 Å². The van der Waals surface area contributed by atoms with Gasteiger partial charge in [-0.1, -0.05) is 17.7 Å². The van der Waals surface area contributed by atoms with Crippen molar-refractivity contribution in [3.05, 3.63) is 35.0 Å². The largest absolute Gasteiger partial charge is 0.347 e. The van der Waals surface area contributed by atoms with Crippen molar-refractivity contribution in [1.82, 2.24) is 14.8 Å². The van der Waals surface area contributed by atoms with E-state index in [0.717, 1.165) is 18.1 Å². The molecule has 21 heavy (non-hydrogen) atoms. The molecule has 0 bridgehead atoms. The van der Waals surface area contributed by atoms with Crippen molar-refractivity contribution >= 4 is 22.5 Å². The summed E-state index contributed by atoms with van der Waals surface area (Å²) in [5.74, 6) is 0. The number of rotatable bonds is 6. The molecule has 1 aliphatic heterocycles. The molecule has 0 amide bonds. The van der Waals surface area contributed by atoms with Crippen LogP contribution in [-0.2, 0) is 13.1 Å². The van der Waals surface area contributed by atoms with Gasteiger partial charge in [0.1, 0.15) is 0 Å². The maximum absolute atomic E-state index is 6.18. The minimum absolute atomic E-state index is 0.817. The zero-order valence-electron chi connectivity index (χ0n) is 12.7. The lowest BCUT2D eigenvalue weighted by Crippen LogP contribution is -2.21. The maximum Gasteiger partial charge on any atom is 0.0498 e. The first-order valence-corrected chi connectivity index (χ1v) is 8.30. The summed E-state index contributed by atoms with van der Waals surface area (Å²) < 4.78 is 2.37. The first-order chi connectivity index (χ1) is 10.3. The topological polar surface area (TPSA) is 20.2 Å². The Morgan fingerprint density at radius 3 is 2.76 bits per heavy atom. The Bertz CT molecular complexity index is 599. The van der Waals surface area contributed by atoms with E-state index < -0.39 is 0 Å². The van der Waals surface area contributed by atoms with Crippen LogP contribution in [0.15, 0.2) is 24.4 Å². The Labute approximate surface area is 131 Å². The second-order valence-corrected chi connectivity index (χ2v) is 6.38. The first-order valence-electron chi connectivity index (χ1n) is 7.92. The van der Waals surface area contributed by atoms with Gasteiger partial charge in [0.2, 0.25) is 0 Å². The average Bonchev–Trinajstić information content (AvgIpc) is 3.09. The lowest BCUT2D eigenvalue weighted by molar-refractivity contribution is 0.326. The summed E-state index contributed by atoms with van der Waals surface area (Å²) in [4.78, 5) is 2.58. The van der Waals surface area contributed by atoms with E-state index in [1.165, 1.54) is 55.4 Å². The van der Waals surface area contributed by atoms with E-state index >= 15 is 0 Å². The summed E-state index contributed by atoms with van der Waals surface area (Å²) in [7, 11) is 1.99. The van der Waals surface area contributed by atoms with E-state index in [2.05, 4.69) is 33.1 Å². The van der Waals surface area contributed by atoms with Crippen LogP contribution in [0.4, 0.5) is 0 Å². The molecule has 1 fully saturated rings. The molecule has 3 nitrogen and oxygen atoms in total. The number of hydrogen-bond acceptors (Lipinski definition) is 2. The molecular weight excluding hydrogens is 282 g/mol. The van der Waals surface area contributed by atoms with Crippen molar-refractivity contribution in [3.8, 4) is 0 Å². The minimum Gasteiger partial charge on any atom is -0.347 e. The number of nitrogens with zero attached hydrogens (tertiary/aromatic N) is 2. The van der Waals surface area contributed by atoms with Crippen LogP contribution in [0.2, 0.25) is 5.02 Å². The van der Waals surface area contributed by atoms with Gasteiger partial charge < -0.3 is 14.8 Å². The molecule has 2 aromatic rings. The summed E-state index contributed by atoms with van der Waals surface area (Å²) in [5, 5.41) is 5.38. The number of fused-ring (bicyclic) bond motifs is 1. The molecule has 1 aliphatic rings. The number of nitrogens with one attached hydrogen (secondary N) is 1. The SMILES string of the molecule is CNCc1cn(CCCN2CCCC2)c2cc(Cl)ccc12. The van der Waals surface area contributed by atoms with Crippen LogP contribution in [0.3, 0.4) is 0 Å². The highest BCUT2D eigenvalue weighted by Crippen LogP contribution is 2.25. The third kappa shape index (κ3) is 3.42. The van der Waals surface area contributed by atoms with Gasteiger partial charge in [-0.05, 0) is 63.6 Å². The van der Waals surface area contributed by atoms with Crippen molar-refractivity contribution < 1.29 is 0 Å². The van der Waals surface area contributed by atoms with Crippen LogP contribution in [0, 0.1) is 0 Å². The van der Waals surface area contributed by atoms with E-state index in [1.807, 2.05) is 13.1 Å². The molecule has 0 saturated carbocycles. The van der Waals surface area contributed by atoms with Gasteiger partial charge in [-0.15, -0.1) is 0 Å². The van der Waals surface area contributed by atoms with Gasteiger partial charge in [0.05, 0.1) is 0 Å². The summed E-state index contributed by atoms with van der Waals surface area (Å²) in [6, 6.07) is 6.21. The fourth-order valence-corrected chi connectivity index (χ4v) is 3.49. The Balaban J connectivity index is 1.75. The number of likely N-dealkylation sites (tertiary alicyclic amines) is 1. The Morgan fingerprint density at radius 1 is 1.19 bits per heavy atom. The molecule has 114 valence electrons. The summed E-state index contributed by atoms with van der Waals surface area (Å²) in [6.07, 6.45) is 6.22. The third-order valence-corrected chi connectivity index (χ3v) is 4.60. The van der Waals surface area contributed by atoms with E-state index in [0.29, 0.717) is 0 Å². The lowest BCUT2D eigenvalue weighted by Gasteiger charge is -2.14. The van der Waals surface area contributed by atoms with Crippen molar-refractivity contribution in [3.63, 3.8) is 0 Å².